The molecular weight excluding hydrogens is 240 g/mol. The van der Waals surface area contributed by atoms with Crippen molar-refractivity contribution in [3.63, 3.8) is 0 Å². The van der Waals surface area contributed by atoms with Crippen molar-refractivity contribution in [1.29, 1.82) is 0 Å². The van der Waals surface area contributed by atoms with Crippen LogP contribution in [0.5, 0.6) is 5.75 Å². The molecule has 0 bridgehead atoms. The average Bonchev–Trinajstić information content (AvgIpc) is 2.68. The summed E-state index contributed by atoms with van der Waals surface area (Å²) in [5.74, 6) is 0.858. The summed E-state index contributed by atoms with van der Waals surface area (Å²) in [6, 6.07) is 7.97. The van der Waals surface area contributed by atoms with E-state index in [0.29, 0.717) is 12.5 Å². The van der Waals surface area contributed by atoms with Crippen LogP contribution in [0, 0.1) is 0 Å². The molecule has 104 valence electrons. The van der Waals surface area contributed by atoms with Gasteiger partial charge in [0.15, 0.2) is 0 Å². The van der Waals surface area contributed by atoms with Crippen LogP contribution in [-0.4, -0.2) is 32.1 Å². The Kier molecular flexibility index (Phi) is 5.21. The predicted octanol–water partition coefficient (Wildman–Crippen LogP) is 1.50. The van der Waals surface area contributed by atoms with Gasteiger partial charge in [-0.1, -0.05) is 18.2 Å². The molecule has 1 aromatic rings. The highest BCUT2D eigenvalue weighted by Crippen LogP contribution is 2.17. The number of nitrogens with one attached hydrogen (secondary N) is 2. The number of ether oxygens (including phenoxy) is 1. The molecular formula is C15H22N2O2. The number of carbonyl (C=O) groups excluding carboxylic acids is 1. The number of rotatable bonds is 4. The quantitative estimate of drug-likeness (QED) is 0.864. The van der Waals surface area contributed by atoms with Gasteiger partial charge in [-0.05, 0) is 38.4 Å². The van der Waals surface area contributed by atoms with Gasteiger partial charge in [0, 0.05) is 11.6 Å². The number of para-hydroxylation sites is 1. The standard InChI is InChI=1S/C15H22N2O2/c1-19-14-7-3-2-5-12(14)11-15(18)17-13-6-4-9-16-10-8-13/h2-3,5,7,13,16H,4,6,8-11H2,1H3,(H,17,18). The second-order valence-electron chi connectivity index (χ2n) is 4.93. The highest BCUT2D eigenvalue weighted by atomic mass is 16.5. The molecule has 0 radical (unpaired) electrons. The van der Waals surface area contributed by atoms with E-state index in [4.69, 9.17) is 4.74 Å². The molecule has 1 aliphatic rings. The number of hydrogen-bond acceptors (Lipinski definition) is 3. The number of amides is 1. The van der Waals surface area contributed by atoms with Crippen molar-refractivity contribution in [3.8, 4) is 5.75 Å². The predicted molar refractivity (Wildman–Crippen MR) is 75.3 cm³/mol. The molecule has 1 fully saturated rings. The maximum atomic E-state index is 12.1. The van der Waals surface area contributed by atoms with Gasteiger partial charge in [-0.2, -0.15) is 0 Å². The van der Waals surface area contributed by atoms with Gasteiger partial charge < -0.3 is 15.4 Å². The smallest absolute Gasteiger partial charge is 0.224 e. The van der Waals surface area contributed by atoms with Crippen LogP contribution in [0.2, 0.25) is 0 Å². The lowest BCUT2D eigenvalue weighted by Gasteiger charge is -2.16. The fourth-order valence-electron chi connectivity index (χ4n) is 2.46. The van der Waals surface area contributed by atoms with Crippen LogP contribution in [0.4, 0.5) is 0 Å². The van der Waals surface area contributed by atoms with Crippen LogP contribution in [0.1, 0.15) is 24.8 Å². The number of benzene rings is 1. The lowest BCUT2D eigenvalue weighted by atomic mass is 10.1. The first-order valence-corrected chi connectivity index (χ1v) is 6.91. The normalized spacial score (nSPS) is 19.5. The van der Waals surface area contributed by atoms with E-state index in [1.165, 1.54) is 0 Å². The van der Waals surface area contributed by atoms with Crippen LogP contribution in [0.3, 0.4) is 0 Å². The largest absolute Gasteiger partial charge is 0.496 e. The molecule has 1 aliphatic heterocycles. The Morgan fingerprint density at radius 3 is 3.05 bits per heavy atom. The van der Waals surface area contributed by atoms with Crippen molar-refractivity contribution in [2.24, 2.45) is 0 Å². The van der Waals surface area contributed by atoms with Crippen molar-refractivity contribution >= 4 is 5.91 Å². The monoisotopic (exact) mass is 262 g/mol. The summed E-state index contributed by atoms with van der Waals surface area (Å²) in [5, 5.41) is 6.47. The van der Waals surface area contributed by atoms with Crippen molar-refractivity contribution in [3.05, 3.63) is 29.8 Å². The first kappa shape index (κ1) is 13.9. The first-order chi connectivity index (χ1) is 9.29. The molecule has 1 amide bonds. The van der Waals surface area contributed by atoms with Gasteiger partial charge in [0.2, 0.25) is 5.91 Å². The van der Waals surface area contributed by atoms with Crippen molar-refractivity contribution in [2.45, 2.75) is 31.7 Å². The summed E-state index contributed by atoms with van der Waals surface area (Å²) < 4.78 is 5.27. The molecule has 1 aromatic carbocycles. The molecule has 0 aromatic heterocycles. The van der Waals surface area contributed by atoms with Crippen LogP contribution in [0.15, 0.2) is 24.3 Å². The average molecular weight is 262 g/mol. The molecule has 19 heavy (non-hydrogen) atoms. The maximum absolute atomic E-state index is 12.1. The molecule has 1 unspecified atom stereocenters. The number of methoxy groups -OCH3 is 1. The van der Waals surface area contributed by atoms with Crippen molar-refractivity contribution in [1.82, 2.24) is 10.6 Å². The zero-order valence-electron chi connectivity index (χ0n) is 11.4. The molecule has 2 rings (SSSR count). The van der Waals surface area contributed by atoms with Gasteiger partial charge in [0.05, 0.1) is 13.5 Å². The van der Waals surface area contributed by atoms with E-state index in [0.717, 1.165) is 43.7 Å². The minimum Gasteiger partial charge on any atom is -0.496 e. The zero-order chi connectivity index (χ0) is 13.5. The maximum Gasteiger partial charge on any atom is 0.224 e. The fraction of sp³-hybridized carbons (Fsp3) is 0.533. The van der Waals surface area contributed by atoms with E-state index in [1.54, 1.807) is 7.11 Å². The summed E-state index contributed by atoms with van der Waals surface area (Å²) in [5.41, 5.74) is 0.939. The van der Waals surface area contributed by atoms with E-state index in [1.807, 2.05) is 24.3 Å². The Hall–Kier alpha value is -1.55. The summed E-state index contributed by atoms with van der Waals surface area (Å²) in [4.78, 5) is 12.1. The summed E-state index contributed by atoms with van der Waals surface area (Å²) in [6.07, 6.45) is 3.58. The molecule has 0 saturated carbocycles. The van der Waals surface area contributed by atoms with E-state index in [9.17, 15) is 4.79 Å². The van der Waals surface area contributed by atoms with E-state index >= 15 is 0 Å². The topological polar surface area (TPSA) is 50.4 Å². The first-order valence-electron chi connectivity index (χ1n) is 6.91. The van der Waals surface area contributed by atoms with Crippen LogP contribution in [-0.2, 0) is 11.2 Å². The van der Waals surface area contributed by atoms with Crippen molar-refractivity contribution < 1.29 is 9.53 Å². The fourth-order valence-corrected chi connectivity index (χ4v) is 2.46. The van der Waals surface area contributed by atoms with E-state index in [-0.39, 0.29) is 5.91 Å². The Balaban J connectivity index is 1.89. The van der Waals surface area contributed by atoms with Crippen LogP contribution in [0.25, 0.3) is 0 Å². The van der Waals surface area contributed by atoms with E-state index in [2.05, 4.69) is 10.6 Å². The molecule has 1 atom stereocenters. The Morgan fingerprint density at radius 2 is 2.21 bits per heavy atom. The van der Waals surface area contributed by atoms with Gasteiger partial charge >= 0.3 is 0 Å². The number of hydrogen-bond donors (Lipinski definition) is 2. The lowest BCUT2D eigenvalue weighted by Crippen LogP contribution is -2.36. The molecule has 4 heteroatoms. The number of carbonyl (C=O) groups is 1. The summed E-state index contributed by atoms with van der Waals surface area (Å²) in [7, 11) is 1.63. The molecule has 0 aliphatic carbocycles. The molecule has 1 saturated heterocycles. The van der Waals surface area contributed by atoms with Crippen LogP contribution < -0.4 is 15.4 Å². The van der Waals surface area contributed by atoms with Gasteiger partial charge in [-0.15, -0.1) is 0 Å². The second kappa shape index (κ2) is 7.14. The third-order valence-corrected chi connectivity index (χ3v) is 3.48. The van der Waals surface area contributed by atoms with Gasteiger partial charge in [-0.3, -0.25) is 4.79 Å². The Bertz CT molecular complexity index is 412. The Labute approximate surface area is 114 Å². The summed E-state index contributed by atoms with van der Waals surface area (Å²) in [6.45, 7) is 2.04. The third kappa shape index (κ3) is 4.24. The molecule has 2 N–H and O–H groups in total. The molecule has 0 spiro atoms. The lowest BCUT2D eigenvalue weighted by molar-refractivity contribution is -0.121. The molecule has 1 heterocycles. The summed E-state index contributed by atoms with van der Waals surface area (Å²) >= 11 is 0. The highest BCUT2D eigenvalue weighted by molar-refractivity contribution is 5.79. The minimum absolute atomic E-state index is 0.0800. The third-order valence-electron chi connectivity index (χ3n) is 3.48. The van der Waals surface area contributed by atoms with Gasteiger partial charge in [0.25, 0.3) is 0 Å². The van der Waals surface area contributed by atoms with Gasteiger partial charge in [-0.25, -0.2) is 0 Å². The zero-order valence-corrected chi connectivity index (χ0v) is 11.4. The Morgan fingerprint density at radius 1 is 1.37 bits per heavy atom. The highest BCUT2D eigenvalue weighted by Gasteiger charge is 2.15. The minimum atomic E-state index is 0.0800. The second-order valence-corrected chi connectivity index (χ2v) is 4.93. The SMILES string of the molecule is COc1ccccc1CC(=O)NC1CCCNCC1. The van der Waals surface area contributed by atoms with E-state index < -0.39 is 0 Å². The van der Waals surface area contributed by atoms with Crippen LogP contribution >= 0.6 is 0 Å². The van der Waals surface area contributed by atoms with Gasteiger partial charge in [0.1, 0.15) is 5.75 Å². The van der Waals surface area contributed by atoms with Crippen molar-refractivity contribution in [2.75, 3.05) is 20.2 Å². The molecule has 4 nitrogen and oxygen atoms in total.